The van der Waals surface area contributed by atoms with Gasteiger partial charge in [-0.3, -0.25) is 0 Å². The summed E-state index contributed by atoms with van der Waals surface area (Å²) in [6.45, 7) is 8.20. The molecule has 0 aromatic heterocycles. The predicted molar refractivity (Wildman–Crippen MR) is 81.4 cm³/mol. The van der Waals surface area contributed by atoms with Crippen LogP contribution in [0.15, 0.2) is 0 Å². The van der Waals surface area contributed by atoms with Gasteiger partial charge in [0.15, 0.2) is 0 Å². The van der Waals surface area contributed by atoms with E-state index in [2.05, 4.69) is 33.1 Å². The first-order valence-corrected chi connectivity index (χ1v) is 8.27. The third-order valence-corrected chi connectivity index (χ3v) is 5.39. The van der Waals surface area contributed by atoms with Crippen molar-refractivity contribution in [3.05, 3.63) is 0 Å². The third-order valence-electron chi connectivity index (χ3n) is 5.39. The predicted octanol–water partition coefficient (Wildman–Crippen LogP) is 4.14. The molecule has 2 aliphatic carbocycles. The molecule has 2 nitrogen and oxygen atoms in total. The molecule has 0 saturated heterocycles. The minimum Gasteiger partial charge on any atom is -0.370 e. The van der Waals surface area contributed by atoms with E-state index in [4.69, 9.17) is 4.74 Å². The van der Waals surface area contributed by atoms with Gasteiger partial charge >= 0.3 is 0 Å². The summed E-state index contributed by atoms with van der Waals surface area (Å²) in [5, 5.41) is 3.37. The van der Waals surface area contributed by atoms with Gasteiger partial charge in [0, 0.05) is 6.54 Å². The monoisotopic (exact) mass is 267 g/mol. The quantitative estimate of drug-likeness (QED) is 0.826. The summed E-state index contributed by atoms with van der Waals surface area (Å²) in [5.74, 6) is 0.888. The Morgan fingerprint density at radius 3 is 2.11 bits per heavy atom. The van der Waals surface area contributed by atoms with Crippen LogP contribution in [0, 0.1) is 11.3 Å². The van der Waals surface area contributed by atoms with Crippen LogP contribution in [0.3, 0.4) is 0 Å². The molecular formula is C17H33NO. The van der Waals surface area contributed by atoms with Gasteiger partial charge in [-0.15, -0.1) is 0 Å². The molecule has 2 saturated carbocycles. The van der Waals surface area contributed by atoms with Crippen molar-refractivity contribution in [2.24, 2.45) is 11.3 Å². The molecule has 0 atom stereocenters. The zero-order chi connectivity index (χ0) is 13.9. The first kappa shape index (κ1) is 15.3. The lowest BCUT2D eigenvalue weighted by atomic mass is 9.75. The molecule has 0 aromatic rings. The maximum Gasteiger partial charge on any atom is 0.0810 e. The molecule has 1 N–H and O–H groups in total. The standard InChI is InChI=1S/C17H33NO/c1-14-5-11-17(12-6-14,13-18-4)19-15-7-9-16(2,3)10-8-15/h14-15,18H,5-13H2,1-4H3. The Kier molecular flexibility index (Phi) is 4.94. The second-order valence-corrected chi connectivity index (χ2v) is 7.88. The molecule has 0 bridgehead atoms. The summed E-state index contributed by atoms with van der Waals surface area (Å²) < 4.78 is 6.64. The van der Waals surface area contributed by atoms with Crippen molar-refractivity contribution < 1.29 is 4.74 Å². The first-order chi connectivity index (χ1) is 8.95. The Labute approximate surface area is 119 Å². The molecule has 0 radical (unpaired) electrons. The van der Waals surface area contributed by atoms with E-state index in [0.717, 1.165) is 12.5 Å². The van der Waals surface area contributed by atoms with Crippen LogP contribution < -0.4 is 5.32 Å². The molecule has 0 aromatic carbocycles. The highest BCUT2D eigenvalue weighted by Gasteiger charge is 2.38. The van der Waals surface area contributed by atoms with Gasteiger partial charge in [0.2, 0.25) is 0 Å². The van der Waals surface area contributed by atoms with E-state index >= 15 is 0 Å². The van der Waals surface area contributed by atoms with Crippen molar-refractivity contribution in [1.82, 2.24) is 5.32 Å². The molecule has 0 heterocycles. The Morgan fingerprint density at radius 1 is 1.00 bits per heavy atom. The Hall–Kier alpha value is -0.0800. The Balaban J connectivity index is 1.90. The van der Waals surface area contributed by atoms with E-state index in [1.54, 1.807) is 0 Å². The van der Waals surface area contributed by atoms with Crippen LogP contribution >= 0.6 is 0 Å². The van der Waals surface area contributed by atoms with Crippen LogP contribution in [0.1, 0.15) is 72.1 Å². The van der Waals surface area contributed by atoms with Gasteiger partial charge in [-0.2, -0.15) is 0 Å². The van der Waals surface area contributed by atoms with Crippen LogP contribution in [-0.2, 0) is 4.74 Å². The average molecular weight is 267 g/mol. The van der Waals surface area contributed by atoms with Gasteiger partial charge in [0.25, 0.3) is 0 Å². The molecule has 0 aliphatic heterocycles. The number of hydrogen-bond donors (Lipinski definition) is 1. The van der Waals surface area contributed by atoms with Crippen molar-refractivity contribution in [1.29, 1.82) is 0 Å². The molecule has 19 heavy (non-hydrogen) atoms. The molecule has 2 aliphatic rings. The molecular weight excluding hydrogens is 234 g/mol. The van der Waals surface area contributed by atoms with Gasteiger partial charge in [0.1, 0.15) is 0 Å². The van der Waals surface area contributed by atoms with Crippen LogP contribution in [0.2, 0.25) is 0 Å². The molecule has 2 fully saturated rings. The molecule has 112 valence electrons. The van der Waals surface area contributed by atoms with Gasteiger partial charge in [-0.1, -0.05) is 20.8 Å². The second-order valence-electron chi connectivity index (χ2n) is 7.88. The van der Waals surface area contributed by atoms with Crippen LogP contribution in [0.25, 0.3) is 0 Å². The second kappa shape index (κ2) is 6.13. The fourth-order valence-electron chi connectivity index (χ4n) is 3.79. The summed E-state index contributed by atoms with van der Waals surface area (Å²) in [4.78, 5) is 0. The largest absolute Gasteiger partial charge is 0.370 e. The first-order valence-electron chi connectivity index (χ1n) is 8.27. The normalized spacial score (nSPS) is 36.3. The van der Waals surface area contributed by atoms with Crippen molar-refractivity contribution in [3.63, 3.8) is 0 Å². The highest BCUT2D eigenvalue weighted by molar-refractivity contribution is 4.90. The lowest BCUT2D eigenvalue weighted by Gasteiger charge is -2.44. The zero-order valence-electron chi connectivity index (χ0n) is 13.4. The van der Waals surface area contributed by atoms with Crippen molar-refractivity contribution in [2.45, 2.75) is 83.8 Å². The highest BCUT2D eigenvalue weighted by atomic mass is 16.5. The molecule has 0 amide bonds. The van der Waals surface area contributed by atoms with Crippen LogP contribution in [-0.4, -0.2) is 25.3 Å². The fourth-order valence-corrected chi connectivity index (χ4v) is 3.79. The highest BCUT2D eigenvalue weighted by Crippen LogP contribution is 2.41. The summed E-state index contributed by atoms with van der Waals surface area (Å²) in [5.41, 5.74) is 0.671. The minimum absolute atomic E-state index is 0.132. The summed E-state index contributed by atoms with van der Waals surface area (Å²) in [7, 11) is 2.06. The Morgan fingerprint density at radius 2 is 1.58 bits per heavy atom. The van der Waals surface area contributed by atoms with Gasteiger partial charge in [-0.05, 0) is 69.7 Å². The molecule has 2 rings (SSSR count). The average Bonchev–Trinajstić information content (AvgIpc) is 2.36. The minimum atomic E-state index is 0.132. The number of rotatable bonds is 4. The maximum atomic E-state index is 6.64. The van der Waals surface area contributed by atoms with E-state index in [1.807, 2.05) is 0 Å². The maximum absolute atomic E-state index is 6.64. The van der Waals surface area contributed by atoms with E-state index < -0.39 is 0 Å². The smallest absolute Gasteiger partial charge is 0.0810 e. The lowest BCUT2D eigenvalue weighted by molar-refractivity contribution is -0.132. The molecule has 0 spiro atoms. The third kappa shape index (κ3) is 4.19. The van der Waals surface area contributed by atoms with Crippen LogP contribution in [0.5, 0.6) is 0 Å². The molecule has 2 heteroatoms. The zero-order valence-corrected chi connectivity index (χ0v) is 13.4. The van der Waals surface area contributed by atoms with Crippen LogP contribution in [0.4, 0.5) is 0 Å². The SMILES string of the molecule is CNCC1(OC2CCC(C)(C)CC2)CCC(C)CC1. The summed E-state index contributed by atoms with van der Waals surface area (Å²) in [6.07, 6.45) is 10.8. The number of ether oxygens (including phenoxy) is 1. The van der Waals surface area contributed by atoms with E-state index in [0.29, 0.717) is 11.5 Å². The van der Waals surface area contributed by atoms with Crippen molar-refractivity contribution >= 4 is 0 Å². The Bertz CT molecular complexity index is 269. The topological polar surface area (TPSA) is 21.3 Å². The number of nitrogens with one attached hydrogen (secondary N) is 1. The van der Waals surface area contributed by atoms with E-state index in [9.17, 15) is 0 Å². The summed E-state index contributed by atoms with van der Waals surface area (Å²) >= 11 is 0. The lowest BCUT2D eigenvalue weighted by Crippen LogP contribution is -2.48. The van der Waals surface area contributed by atoms with Gasteiger partial charge in [-0.25, -0.2) is 0 Å². The van der Waals surface area contributed by atoms with Gasteiger partial charge in [0.05, 0.1) is 11.7 Å². The molecule has 0 unspecified atom stereocenters. The van der Waals surface area contributed by atoms with Crippen molar-refractivity contribution in [2.75, 3.05) is 13.6 Å². The van der Waals surface area contributed by atoms with E-state index in [-0.39, 0.29) is 5.60 Å². The van der Waals surface area contributed by atoms with E-state index in [1.165, 1.54) is 51.4 Å². The van der Waals surface area contributed by atoms with Crippen molar-refractivity contribution in [3.8, 4) is 0 Å². The number of likely N-dealkylation sites (N-methyl/N-ethyl adjacent to an activating group) is 1. The summed E-state index contributed by atoms with van der Waals surface area (Å²) in [6, 6.07) is 0. The van der Waals surface area contributed by atoms with Gasteiger partial charge < -0.3 is 10.1 Å². The fraction of sp³-hybridized carbons (Fsp3) is 1.00. The number of hydrogen-bond acceptors (Lipinski definition) is 2.